The van der Waals surface area contributed by atoms with Gasteiger partial charge in [-0.25, -0.2) is 0 Å². The van der Waals surface area contributed by atoms with Gasteiger partial charge in [0.25, 0.3) is 5.69 Å². The molecule has 1 fully saturated rings. The van der Waals surface area contributed by atoms with Crippen LogP contribution in [0, 0.1) is 26.9 Å². The van der Waals surface area contributed by atoms with Crippen LogP contribution >= 0.6 is 0 Å². The molecule has 0 atom stereocenters. The number of rotatable bonds is 6. The topological polar surface area (TPSA) is 55.2 Å². The lowest BCUT2D eigenvalue weighted by atomic mass is 10.0. The van der Waals surface area contributed by atoms with Crippen molar-refractivity contribution in [3.63, 3.8) is 0 Å². The van der Waals surface area contributed by atoms with Gasteiger partial charge in [0, 0.05) is 12.1 Å². The van der Waals surface area contributed by atoms with Gasteiger partial charge in [-0.05, 0) is 41.8 Å². The standard InChI is InChI=1S/C16H24N2O2/c1-15(2)14(16(15,3)4)11-17-10-9-12-5-7-13(8-6-12)18(19)20/h5-8,14,17H,9-11H2,1-4H3. The van der Waals surface area contributed by atoms with Crippen molar-refractivity contribution in [3.8, 4) is 0 Å². The Morgan fingerprint density at radius 1 is 1.15 bits per heavy atom. The monoisotopic (exact) mass is 276 g/mol. The first-order valence-corrected chi connectivity index (χ1v) is 7.21. The molecule has 2 rings (SSSR count). The van der Waals surface area contributed by atoms with Crippen LogP contribution < -0.4 is 5.32 Å². The lowest BCUT2D eigenvalue weighted by molar-refractivity contribution is -0.384. The second-order valence-electron chi connectivity index (χ2n) is 6.87. The third-order valence-corrected chi connectivity index (χ3v) is 5.41. The van der Waals surface area contributed by atoms with Crippen molar-refractivity contribution in [2.45, 2.75) is 34.1 Å². The van der Waals surface area contributed by atoms with Crippen molar-refractivity contribution >= 4 is 5.69 Å². The van der Waals surface area contributed by atoms with E-state index in [0.717, 1.165) is 31.0 Å². The normalized spacial score (nSPS) is 19.8. The van der Waals surface area contributed by atoms with Crippen molar-refractivity contribution in [1.29, 1.82) is 0 Å². The van der Waals surface area contributed by atoms with Crippen LogP contribution in [0.2, 0.25) is 0 Å². The van der Waals surface area contributed by atoms with Crippen LogP contribution in [0.3, 0.4) is 0 Å². The summed E-state index contributed by atoms with van der Waals surface area (Å²) in [5, 5.41) is 14.1. The minimum absolute atomic E-state index is 0.156. The highest BCUT2D eigenvalue weighted by atomic mass is 16.6. The van der Waals surface area contributed by atoms with E-state index >= 15 is 0 Å². The van der Waals surface area contributed by atoms with E-state index < -0.39 is 0 Å². The molecule has 0 spiro atoms. The molecule has 4 heteroatoms. The summed E-state index contributed by atoms with van der Waals surface area (Å²) in [5.41, 5.74) is 2.14. The van der Waals surface area contributed by atoms with Gasteiger partial charge in [0.15, 0.2) is 0 Å². The highest BCUT2D eigenvalue weighted by molar-refractivity contribution is 5.32. The third kappa shape index (κ3) is 2.70. The average molecular weight is 276 g/mol. The van der Waals surface area contributed by atoms with Crippen LogP contribution in [0.1, 0.15) is 33.3 Å². The first kappa shape index (κ1) is 15.0. The van der Waals surface area contributed by atoms with Gasteiger partial charge in [-0.15, -0.1) is 0 Å². The fourth-order valence-corrected chi connectivity index (χ4v) is 3.11. The summed E-state index contributed by atoms with van der Waals surface area (Å²) >= 11 is 0. The van der Waals surface area contributed by atoms with E-state index in [1.807, 2.05) is 12.1 Å². The summed E-state index contributed by atoms with van der Waals surface area (Å²) in [4.78, 5) is 10.2. The molecule has 4 nitrogen and oxygen atoms in total. The molecule has 1 aliphatic carbocycles. The van der Waals surface area contributed by atoms with E-state index in [1.54, 1.807) is 12.1 Å². The minimum Gasteiger partial charge on any atom is -0.316 e. The molecule has 0 bridgehead atoms. The number of benzene rings is 1. The number of nitro benzene ring substituents is 1. The minimum atomic E-state index is -0.362. The van der Waals surface area contributed by atoms with Crippen molar-refractivity contribution in [3.05, 3.63) is 39.9 Å². The van der Waals surface area contributed by atoms with E-state index in [-0.39, 0.29) is 10.6 Å². The molecule has 20 heavy (non-hydrogen) atoms. The van der Waals surface area contributed by atoms with Crippen molar-refractivity contribution < 1.29 is 4.92 Å². The van der Waals surface area contributed by atoms with Crippen LogP contribution in [0.25, 0.3) is 0 Å². The van der Waals surface area contributed by atoms with Crippen molar-refractivity contribution in [2.24, 2.45) is 16.7 Å². The number of non-ortho nitro benzene ring substituents is 1. The van der Waals surface area contributed by atoms with Crippen LogP contribution in [0.5, 0.6) is 0 Å². The van der Waals surface area contributed by atoms with Gasteiger partial charge < -0.3 is 5.32 Å². The van der Waals surface area contributed by atoms with Crippen LogP contribution in [-0.4, -0.2) is 18.0 Å². The van der Waals surface area contributed by atoms with E-state index in [2.05, 4.69) is 33.0 Å². The smallest absolute Gasteiger partial charge is 0.269 e. The van der Waals surface area contributed by atoms with Crippen LogP contribution in [0.15, 0.2) is 24.3 Å². The number of nitrogens with zero attached hydrogens (tertiary/aromatic N) is 1. The fourth-order valence-electron chi connectivity index (χ4n) is 3.11. The quantitative estimate of drug-likeness (QED) is 0.492. The molecule has 0 aromatic heterocycles. The van der Waals surface area contributed by atoms with Crippen molar-refractivity contribution in [2.75, 3.05) is 13.1 Å². The molecule has 110 valence electrons. The summed E-state index contributed by atoms with van der Waals surface area (Å²) < 4.78 is 0. The number of nitro groups is 1. The number of hydrogen-bond donors (Lipinski definition) is 1. The van der Waals surface area contributed by atoms with Gasteiger partial charge in [0.05, 0.1) is 4.92 Å². The van der Waals surface area contributed by atoms with Gasteiger partial charge in [-0.3, -0.25) is 10.1 Å². The lowest BCUT2D eigenvalue weighted by Crippen LogP contribution is -2.22. The molecule has 1 aliphatic rings. The zero-order valence-corrected chi connectivity index (χ0v) is 12.8. The second-order valence-corrected chi connectivity index (χ2v) is 6.87. The maximum atomic E-state index is 10.6. The zero-order chi connectivity index (χ0) is 15.0. The molecule has 0 aliphatic heterocycles. The van der Waals surface area contributed by atoms with E-state index in [1.165, 1.54) is 0 Å². The van der Waals surface area contributed by atoms with Crippen LogP contribution in [0.4, 0.5) is 5.69 Å². The Balaban J connectivity index is 1.73. The Morgan fingerprint density at radius 2 is 1.70 bits per heavy atom. The largest absolute Gasteiger partial charge is 0.316 e. The van der Waals surface area contributed by atoms with Gasteiger partial charge in [-0.2, -0.15) is 0 Å². The van der Waals surface area contributed by atoms with Gasteiger partial charge in [0.1, 0.15) is 0 Å². The lowest BCUT2D eigenvalue weighted by Gasteiger charge is -2.06. The molecular weight excluding hydrogens is 252 g/mol. The van der Waals surface area contributed by atoms with E-state index in [9.17, 15) is 10.1 Å². The molecule has 0 saturated heterocycles. The maximum Gasteiger partial charge on any atom is 0.269 e. The van der Waals surface area contributed by atoms with E-state index in [4.69, 9.17) is 0 Å². The Labute approximate surface area is 120 Å². The summed E-state index contributed by atoms with van der Waals surface area (Å²) in [6, 6.07) is 6.82. The van der Waals surface area contributed by atoms with Gasteiger partial charge in [0.2, 0.25) is 0 Å². The molecule has 1 saturated carbocycles. The average Bonchev–Trinajstić information content (AvgIpc) is 2.76. The zero-order valence-electron chi connectivity index (χ0n) is 12.8. The summed E-state index contributed by atoms with van der Waals surface area (Å²) in [6.07, 6.45) is 0.908. The fraction of sp³-hybridized carbons (Fsp3) is 0.625. The highest BCUT2D eigenvalue weighted by Crippen LogP contribution is 2.67. The molecule has 1 N–H and O–H groups in total. The number of nitrogens with one attached hydrogen (secondary N) is 1. The van der Waals surface area contributed by atoms with Gasteiger partial charge >= 0.3 is 0 Å². The Hall–Kier alpha value is -1.42. The molecule has 0 unspecified atom stereocenters. The van der Waals surface area contributed by atoms with Crippen molar-refractivity contribution in [1.82, 2.24) is 5.32 Å². The molecule has 0 heterocycles. The first-order valence-electron chi connectivity index (χ1n) is 7.21. The maximum absolute atomic E-state index is 10.6. The Bertz CT molecular complexity index is 478. The van der Waals surface area contributed by atoms with Gasteiger partial charge in [-0.1, -0.05) is 39.8 Å². The Morgan fingerprint density at radius 3 is 2.15 bits per heavy atom. The molecular formula is C16H24N2O2. The predicted molar refractivity (Wildman–Crippen MR) is 80.7 cm³/mol. The molecule has 0 amide bonds. The summed E-state index contributed by atoms with van der Waals surface area (Å²) in [7, 11) is 0. The highest BCUT2D eigenvalue weighted by Gasteiger charge is 2.63. The predicted octanol–water partition coefficient (Wildman–Crippen LogP) is 3.41. The summed E-state index contributed by atoms with van der Waals surface area (Å²) in [6.45, 7) is 11.3. The summed E-state index contributed by atoms with van der Waals surface area (Å²) in [5.74, 6) is 0.729. The molecule has 1 aromatic rings. The molecule has 0 radical (unpaired) electrons. The number of hydrogen-bond acceptors (Lipinski definition) is 3. The molecule has 1 aromatic carbocycles. The SMILES string of the molecule is CC1(C)C(CNCCc2ccc([N+](=O)[O-])cc2)C1(C)C. The Kier molecular flexibility index (Phi) is 3.87. The van der Waals surface area contributed by atoms with E-state index in [0.29, 0.717) is 10.8 Å². The van der Waals surface area contributed by atoms with Crippen LogP contribution in [-0.2, 0) is 6.42 Å². The third-order valence-electron chi connectivity index (χ3n) is 5.41. The first-order chi connectivity index (χ1) is 9.26. The second kappa shape index (κ2) is 5.17.